The third-order valence-electron chi connectivity index (χ3n) is 2.33. The summed E-state index contributed by atoms with van der Waals surface area (Å²) in [6.07, 6.45) is 1.36. The highest BCUT2D eigenvalue weighted by Crippen LogP contribution is 2.32. The van der Waals surface area contributed by atoms with Gasteiger partial charge in [-0.15, -0.1) is 0 Å². The van der Waals surface area contributed by atoms with Crippen LogP contribution in [0, 0.1) is 0 Å². The fourth-order valence-corrected chi connectivity index (χ4v) is 1.91. The number of halogens is 1. The summed E-state index contributed by atoms with van der Waals surface area (Å²) >= 11 is 6.11. The van der Waals surface area contributed by atoms with Crippen molar-refractivity contribution in [3.8, 4) is 0 Å². The zero-order chi connectivity index (χ0) is 13.1. The molecule has 2 N–H and O–H groups in total. The van der Waals surface area contributed by atoms with Gasteiger partial charge in [-0.25, -0.2) is 0 Å². The number of aromatic amines is 1. The molecule has 0 aliphatic carbocycles. The van der Waals surface area contributed by atoms with Crippen LogP contribution in [-0.2, 0) is 0 Å². The van der Waals surface area contributed by atoms with Crippen LogP contribution in [-0.4, -0.2) is 35.4 Å². The molecule has 1 amide bonds. The predicted molar refractivity (Wildman–Crippen MR) is 70.1 cm³/mol. The number of H-pyrrole nitrogens is 1. The number of rotatable bonds is 3. The van der Waals surface area contributed by atoms with Gasteiger partial charge in [-0.3, -0.25) is 4.79 Å². The van der Waals surface area contributed by atoms with Gasteiger partial charge in [-0.2, -0.15) is 15.4 Å². The lowest BCUT2D eigenvalue weighted by molar-refractivity contribution is 0.102. The molecule has 0 spiro atoms. The van der Waals surface area contributed by atoms with Gasteiger partial charge >= 0.3 is 0 Å². The van der Waals surface area contributed by atoms with E-state index in [1.165, 1.54) is 6.20 Å². The molecule has 0 aliphatic rings. The number of amides is 1. The molecular weight excluding hydrogens is 254 g/mol. The lowest BCUT2D eigenvalue weighted by atomic mass is 10.2. The summed E-state index contributed by atoms with van der Waals surface area (Å²) in [4.78, 5) is 13.7. The van der Waals surface area contributed by atoms with Crippen molar-refractivity contribution < 1.29 is 4.79 Å². The van der Waals surface area contributed by atoms with E-state index in [-0.39, 0.29) is 11.6 Å². The number of aromatic nitrogens is 3. The van der Waals surface area contributed by atoms with Crippen LogP contribution in [0.4, 0.5) is 11.4 Å². The SMILES string of the molecule is CN(C)c1c(Cl)cccc1NC(=O)c1cn[nH]n1. The minimum absolute atomic E-state index is 0.222. The number of hydrogen-bond donors (Lipinski definition) is 2. The molecule has 0 radical (unpaired) electrons. The second kappa shape index (κ2) is 5.05. The van der Waals surface area contributed by atoms with Crippen molar-refractivity contribution in [1.82, 2.24) is 15.4 Å². The number of nitrogens with one attached hydrogen (secondary N) is 2. The van der Waals surface area contributed by atoms with Gasteiger partial charge in [-0.05, 0) is 12.1 Å². The molecule has 0 aliphatic heterocycles. The smallest absolute Gasteiger partial charge is 0.277 e. The molecule has 1 aromatic carbocycles. The topological polar surface area (TPSA) is 73.9 Å². The Morgan fingerprint density at radius 1 is 1.44 bits per heavy atom. The minimum atomic E-state index is -0.339. The number of benzene rings is 1. The van der Waals surface area contributed by atoms with Gasteiger partial charge in [0.1, 0.15) is 0 Å². The summed E-state index contributed by atoms with van der Waals surface area (Å²) in [5, 5.41) is 13.0. The summed E-state index contributed by atoms with van der Waals surface area (Å²) in [7, 11) is 3.71. The molecule has 0 fully saturated rings. The van der Waals surface area contributed by atoms with Crippen LogP contribution in [0.25, 0.3) is 0 Å². The Balaban J connectivity index is 2.29. The van der Waals surface area contributed by atoms with E-state index in [1.54, 1.807) is 18.2 Å². The Bertz CT molecular complexity index is 553. The van der Waals surface area contributed by atoms with E-state index in [0.717, 1.165) is 5.69 Å². The van der Waals surface area contributed by atoms with Crippen LogP contribution in [0.1, 0.15) is 10.5 Å². The highest BCUT2D eigenvalue weighted by Gasteiger charge is 2.14. The van der Waals surface area contributed by atoms with Gasteiger partial charge < -0.3 is 10.2 Å². The molecule has 7 heteroatoms. The largest absolute Gasteiger partial charge is 0.375 e. The Hall–Kier alpha value is -2.08. The lowest BCUT2D eigenvalue weighted by Crippen LogP contribution is -2.17. The maximum absolute atomic E-state index is 11.9. The monoisotopic (exact) mass is 265 g/mol. The summed E-state index contributed by atoms with van der Waals surface area (Å²) in [5.41, 5.74) is 1.59. The van der Waals surface area contributed by atoms with E-state index in [4.69, 9.17) is 11.6 Å². The molecule has 0 atom stereocenters. The predicted octanol–water partition coefficient (Wildman–Crippen LogP) is 1.78. The summed E-state index contributed by atoms with van der Waals surface area (Å²) in [5.74, 6) is -0.339. The van der Waals surface area contributed by atoms with Gasteiger partial charge in [0, 0.05) is 14.1 Å². The molecule has 1 aromatic heterocycles. The highest BCUT2D eigenvalue weighted by atomic mass is 35.5. The van der Waals surface area contributed by atoms with Crippen molar-refractivity contribution >= 4 is 28.9 Å². The first kappa shape index (κ1) is 12.4. The third kappa shape index (κ3) is 2.43. The molecule has 0 bridgehead atoms. The van der Waals surface area contributed by atoms with Gasteiger partial charge in [-0.1, -0.05) is 17.7 Å². The van der Waals surface area contributed by atoms with Crippen molar-refractivity contribution in [3.05, 3.63) is 35.1 Å². The van der Waals surface area contributed by atoms with E-state index in [2.05, 4.69) is 20.7 Å². The molecule has 0 saturated carbocycles. The van der Waals surface area contributed by atoms with Gasteiger partial charge in [0.05, 0.1) is 22.6 Å². The third-order valence-corrected chi connectivity index (χ3v) is 2.63. The number of hydrogen-bond acceptors (Lipinski definition) is 4. The average molecular weight is 266 g/mol. The van der Waals surface area contributed by atoms with E-state index in [1.807, 2.05) is 19.0 Å². The fraction of sp³-hybridized carbons (Fsp3) is 0.182. The molecule has 1 heterocycles. The van der Waals surface area contributed by atoms with Crippen molar-refractivity contribution in [2.45, 2.75) is 0 Å². The van der Waals surface area contributed by atoms with Crippen LogP contribution in [0.2, 0.25) is 5.02 Å². The van der Waals surface area contributed by atoms with Crippen molar-refractivity contribution in [2.24, 2.45) is 0 Å². The van der Waals surface area contributed by atoms with Crippen LogP contribution < -0.4 is 10.2 Å². The number of carbonyl (C=O) groups excluding carboxylic acids is 1. The van der Waals surface area contributed by atoms with Crippen LogP contribution in [0.5, 0.6) is 0 Å². The normalized spacial score (nSPS) is 10.2. The first-order valence-corrected chi connectivity index (χ1v) is 5.60. The van der Waals surface area contributed by atoms with Crippen LogP contribution in [0.3, 0.4) is 0 Å². The Kier molecular flexibility index (Phi) is 3.47. The maximum atomic E-state index is 11.9. The molecule has 6 nitrogen and oxygen atoms in total. The van der Waals surface area contributed by atoms with Crippen molar-refractivity contribution in [1.29, 1.82) is 0 Å². The highest BCUT2D eigenvalue weighted by molar-refractivity contribution is 6.34. The molecule has 2 rings (SSSR count). The molecule has 94 valence electrons. The molecule has 0 unspecified atom stereocenters. The van der Waals surface area contributed by atoms with Crippen LogP contribution >= 0.6 is 11.6 Å². The number of carbonyl (C=O) groups is 1. The van der Waals surface area contributed by atoms with Gasteiger partial charge in [0.2, 0.25) is 0 Å². The zero-order valence-electron chi connectivity index (χ0n) is 9.94. The molecule has 18 heavy (non-hydrogen) atoms. The molecular formula is C11H12ClN5O. The van der Waals surface area contributed by atoms with Gasteiger partial charge in [0.15, 0.2) is 5.69 Å². The van der Waals surface area contributed by atoms with E-state index in [0.29, 0.717) is 10.7 Å². The second-order valence-corrected chi connectivity index (χ2v) is 4.25. The minimum Gasteiger partial charge on any atom is -0.375 e. The van der Waals surface area contributed by atoms with E-state index in [9.17, 15) is 4.79 Å². The Labute approximate surface area is 109 Å². The summed E-state index contributed by atoms with van der Waals surface area (Å²) < 4.78 is 0. The number of para-hydroxylation sites is 1. The molecule has 2 aromatic rings. The summed E-state index contributed by atoms with van der Waals surface area (Å²) in [6.45, 7) is 0. The Morgan fingerprint density at radius 2 is 2.22 bits per heavy atom. The fourth-order valence-electron chi connectivity index (χ4n) is 1.57. The van der Waals surface area contributed by atoms with Crippen molar-refractivity contribution in [2.75, 3.05) is 24.3 Å². The van der Waals surface area contributed by atoms with Gasteiger partial charge in [0.25, 0.3) is 5.91 Å². The van der Waals surface area contributed by atoms with E-state index < -0.39 is 0 Å². The van der Waals surface area contributed by atoms with Crippen LogP contribution in [0.15, 0.2) is 24.4 Å². The van der Waals surface area contributed by atoms with Crippen molar-refractivity contribution in [3.63, 3.8) is 0 Å². The zero-order valence-corrected chi connectivity index (χ0v) is 10.7. The quantitative estimate of drug-likeness (QED) is 0.887. The Morgan fingerprint density at radius 3 is 2.83 bits per heavy atom. The lowest BCUT2D eigenvalue weighted by Gasteiger charge is -2.19. The first-order valence-electron chi connectivity index (χ1n) is 5.22. The second-order valence-electron chi connectivity index (χ2n) is 3.84. The maximum Gasteiger partial charge on any atom is 0.277 e. The summed E-state index contributed by atoms with van der Waals surface area (Å²) in [6, 6.07) is 5.32. The standard InChI is InChI=1S/C11H12ClN5O/c1-17(2)10-7(12)4-3-5-8(10)14-11(18)9-6-13-16-15-9/h3-6H,1-2H3,(H,14,18)(H,13,15,16). The number of nitrogens with zero attached hydrogens (tertiary/aromatic N) is 3. The first-order chi connectivity index (χ1) is 8.59. The number of anilines is 2. The molecule has 0 saturated heterocycles. The average Bonchev–Trinajstić information content (AvgIpc) is 2.81. The van der Waals surface area contributed by atoms with E-state index >= 15 is 0 Å².